The predicted molar refractivity (Wildman–Crippen MR) is 113 cm³/mol. The fourth-order valence-electron chi connectivity index (χ4n) is 3.69. The first-order chi connectivity index (χ1) is 13.8. The van der Waals surface area contributed by atoms with Crippen molar-refractivity contribution < 1.29 is 13.6 Å². The molecule has 1 aliphatic heterocycles. The van der Waals surface area contributed by atoms with E-state index in [-0.39, 0.29) is 16.4 Å². The van der Waals surface area contributed by atoms with Gasteiger partial charge in [0.25, 0.3) is 11.1 Å². The van der Waals surface area contributed by atoms with E-state index in [1.165, 1.54) is 17.3 Å². The van der Waals surface area contributed by atoms with Crippen molar-refractivity contribution in [1.29, 1.82) is 0 Å². The Balaban J connectivity index is 1.52. The molecule has 150 valence electrons. The van der Waals surface area contributed by atoms with Crippen LogP contribution < -0.4 is 4.90 Å². The molecule has 0 saturated carbocycles. The minimum atomic E-state index is -0.353. The lowest BCUT2D eigenvalue weighted by molar-refractivity contribution is -0.114. The Morgan fingerprint density at radius 2 is 2.00 bits per heavy atom. The van der Waals surface area contributed by atoms with E-state index in [4.69, 9.17) is 8.83 Å². The van der Waals surface area contributed by atoms with Gasteiger partial charge in [0.1, 0.15) is 5.76 Å². The zero-order chi connectivity index (χ0) is 20.8. The Morgan fingerprint density at radius 1 is 1.24 bits per heavy atom. The molecule has 29 heavy (non-hydrogen) atoms. The van der Waals surface area contributed by atoms with Crippen molar-refractivity contribution in [2.45, 2.75) is 43.6 Å². The van der Waals surface area contributed by atoms with Gasteiger partial charge in [0, 0.05) is 29.9 Å². The third-order valence-corrected chi connectivity index (χ3v) is 6.35. The largest absolute Gasteiger partial charge is 0.469 e. The first-order valence-corrected chi connectivity index (χ1v) is 10.3. The van der Waals surface area contributed by atoms with Gasteiger partial charge in [-0.3, -0.25) is 4.79 Å². The fraction of sp³-hybridized carbons (Fsp3) is 0.318. The summed E-state index contributed by atoms with van der Waals surface area (Å²) in [6.07, 6.45) is 3.33. The maximum atomic E-state index is 12.9. The summed E-state index contributed by atoms with van der Waals surface area (Å²) in [5, 5.41) is 8.14. The van der Waals surface area contributed by atoms with Crippen molar-refractivity contribution in [2.75, 3.05) is 11.9 Å². The molecule has 1 unspecified atom stereocenters. The predicted octanol–water partition coefficient (Wildman–Crippen LogP) is 5.00. The molecule has 0 radical (unpaired) electrons. The van der Waals surface area contributed by atoms with Crippen LogP contribution in [0.5, 0.6) is 0 Å². The summed E-state index contributed by atoms with van der Waals surface area (Å²) >= 11 is 1.26. The lowest BCUT2D eigenvalue weighted by Crippen LogP contribution is -2.25. The van der Waals surface area contributed by atoms with E-state index in [1.54, 1.807) is 18.4 Å². The number of aryl methyl sites for hydroxylation is 1. The second-order valence-electron chi connectivity index (χ2n) is 7.66. The Hall–Kier alpha value is -2.80. The van der Waals surface area contributed by atoms with Crippen LogP contribution >= 0.6 is 11.8 Å². The van der Waals surface area contributed by atoms with Crippen molar-refractivity contribution >= 4 is 23.2 Å². The number of nitrogens with zero attached hydrogens (tertiary/aromatic N) is 3. The van der Waals surface area contributed by atoms with E-state index in [9.17, 15) is 4.79 Å². The van der Waals surface area contributed by atoms with Gasteiger partial charge >= 0.3 is 0 Å². The van der Waals surface area contributed by atoms with Gasteiger partial charge in [0.05, 0.1) is 17.1 Å². The molecule has 0 spiro atoms. The van der Waals surface area contributed by atoms with Crippen LogP contribution in [0.1, 0.15) is 32.1 Å². The Bertz CT molecular complexity index is 1100. The molecule has 0 N–H and O–H groups in total. The monoisotopic (exact) mass is 409 g/mol. The molecule has 1 atom stereocenters. The number of hydrogen-bond donors (Lipinski definition) is 0. The molecule has 4 rings (SSSR count). The van der Waals surface area contributed by atoms with Gasteiger partial charge in [-0.15, -0.1) is 10.2 Å². The summed E-state index contributed by atoms with van der Waals surface area (Å²) in [6, 6.07) is 10.0. The van der Waals surface area contributed by atoms with Crippen LogP contribution in [0, 0.1) is 6.92 Å². The second kappa shape index (κ2) is 7.22. The SMILES string of the molecule is Cc1occc1-c1nnc(SC(C)C(=O)/C=C2/N(C)c3ccccc3C2(C)C)o1. The number of hydrogen-bond acceptors (Lipinski definition) is 7. The average molecular weight is 410 g/mol. The number of para-hydroxylation sites is 1. The molecule has 3 aromatic rings. The van der Waals surface area contributed by atoms with E-state index in [1.807, 2.05) is 33.0 Å². The highest BCUT2D eigenvalue weighted by atomic mass is 32.2. The summed E-state index contributed by atoms with van der Waals surface area (Å²) < 4.78 is 11.0. The number of ketones is 1. The number of likely N-dealkylation sites (N-methyl/N-ethyl adjacent to an activating group) is 1. The Morgan fingerprint density at radius 3 is 2.69 bits per heavy atom. The number of anilines is 1. The molecule has 1 aliphatic rings. The summed E-state index contributed by atoms with van der Waals surface area (Å²) in [6.45, 7) is 7.97. The van der Waals surface area contributed by atoms with Crippen LogP contribution in [-0.2, 0) is 10.2 Å². The number of benzene rings is 1. The molecule has 7 heteroatoms. The van der Waals surface area contributed by atoms with Gasteiger partial charge in [-0.05, 0) is 31.5 Å². The summed E-state index contributed by atoms with van der Waals surface area (Å²) in [5.41, 5.74) is 3.86. The number of carbonyl (C=O) groups is 1. The van der Waals surface area contributed by atoms with Crippen LogP contribution in [0.4, 0.5) is 5.69 Å². The van der Waals surface area contributed by atoms with Gasteiger partial charge in [-0.1, -0.05) is 43.8 Å². The van der Waals surface area contributed by atoms with Crippen molar-refractivity contribution in [3.8, 4) is 11.5 Å². The molecule has 0 fully saturated rings. The molecule has 1 aromatic carbocycles. The van der Waals surface area contributed by atoms with Crippen molar-refractivity contribution in [2.24, 2.45) is 0 Å². The molecular weight excluding hydrogens is 386 g/mol. The topological polar surface area (TPSA) is 72.4 Å². The molecular formula is C22H23N3O3S. The number of thioether (sulfide) groups is 1. The zero-order valence-corrected chi connectivity index (χ0v) is 17.9. The molecule has 3 heterocycles. The van der Waals surface area contributed by atoms with Crippen molar-refractivity contribution in [3.63, 3.8) is 0 Å². The third kappa shape index (κ3) is 3.40. The maximum Gasteiger partial charge on any atom is 0.277 e. The van der Waals surface area contributed by atoms with Gasteiger partial charge < -0.3 is 13.7 Å². The highest BCUT2D eigenvalue weighted by Gasteiger charge is 2.38. The summed E-state index contributed by atoms with van der Waals surface area (Å²) in [5.74, 6) is 1.12. The van der Waals surface area contributed by atoms with Gasteiger partial charge in [0.15, 0.2) is 5.78 Å². The van der Waals surface area contributed by atoms with E-state index in [2.05, 4.69) is 41.1 Å². The van der Waals surface area contributed by atoms with Crippen molar-refractivity contribution in [3.05, 3.63) is 59.7 Å². The van der Waals surface area contributed by atoms with E-state index in [0.29, 0.717) is 16.9 Å². The van der Waals surface area contributed by atoms with Crippen molar-refractivity contribution in [1.82, 2.24) is 10.2 Å². The maximum absolute atomic E-state index is 12.9. The number of rotatable bonds is 5. The van der Waals surface area contributed by atoms with Gasteiger partial charge in [0.2, 0.25) is 0 Å². The molecule has 0 amide bonds. The second-order valence-corrected chi connectivity index (χ2v) is 8.95. The molecule has 2 aromatic heterocycles. The Labute approximate surface area is 174 Å². The number of carbonyl (C=O) groups excluding carboxylic acids is 1. The normalized spacial score (nSPS) is 17.6. The lowest BCUT2D eigenvalue weighted by Gasteiger charge is -2.24. The van der Waals surface area contributed by atoms with Crippen LogP contribution in [0.15, 0.2) is 62.4 Å². The number of allylic oxidation sites excluding steroid dienone is 2. The Kier molecular flexibility index (Phi) is 4.86. The standard InChI is InChI=1S/C22H23N3O3S/c1-13-15(10-11-27-13)20-23-24-21(28-20)29-14(2)18(26)12-19-22(3,4)16-8-6-7-9-17(16)25(19)5/h6-12,14H,1-5H3/b19-12+. The summed E-state index contributed by atoms with van der Waals surface area (Å²) in [7, 11) is 2.00. The van der Waals surface area contributed by atoms with Gasteiger partial charge in [-0.2, -0.15) is 0 Å². The molecule has 0 aliphatic carbocycles. The quantitative estimate of drug-likeness (QED) is 0.434. The van der Waals surface area contributed by atoms with Crippen LogP contribution in [0.3, 0.4) is 0 Å². The highest BCUT2D eigenvalue weighted by Crippen LogP contribution is 2.46. The van der Waals surface area contributed by atoms with E-state index in [0.717, 1.165) is 16.9 Å². The van der Waals surface area contributed by atoms with Gasteiger partial charge in [-0.25, -0.2) is 0 Å². The molecule has 0 bridgehead atoms. The minimum absolute atomic E-state index is 0.0111. The zero-order valence-electron chi connectivity index (χ0n) is 17.1. The fourth-order valence-corrected chi connectivity index (χ4v) is 4.40. The summed E-state index contributed by atoms with van der Waals surface area (Å²) in [4.78, 5) is 15.0. The first kappa shape index (κ1) is 19.5. The smallest absolute Gasteiger partial charge is 0.277 e. The lowest BCUT2D eigenvalue weighted by atomic mass is 9.83. The van der Waals surface area contributed by atoms with Crippen LogP contribution in [-0.4, -0.2) is 28.3 Å². The highest BCUT2D eigenvalue weighted by molar-refractivity contribution is 8.00. The van der Waals surface area contributed by atoms with Crippen LogP contribution in [0.2, 0.25) is 0 Å². The minimum Gasteiger partial charge on any atom is -0.469 e. The average Bonchev–Trinajstić information content (AvgIpc) is 3.37. The van der Waals surface area contributed by atoms with Crippen LogP contribution in [0.25, 0.3) is 11.5 Å². The first-order valence-electron chi connectivity index (χ1n) is 9.43. The van der Waals surface area contributed by atoms with E-state index >= 15 is 0 Å². The molecule has 0 saturated heterocycles. The molecule has 6 nitrogen and oxygen atoms in total. The number of fused-ring (bicyclic) bond motifs is 1. The number of furan rings is 1. The third-order valence-electron chi connectivity index (χ3n) is 5.39. The number of aromatic nitrogens is 2. The van der Waals surface area contributed by atoms with E-state index < -0.39 is 0 Å².